The summed E-state index contributed by atoms with van der Waals surface area (Å²) in [6, 6.07) is 18.5. The van der Waals surface area contributed by atoms with Gasteiger partial charge in [0.25, 0.3) is 0 Å². The smallest absolute Gasteiger partial charge is 0.101 e. The van der Waals surface area contributed by atoms with Crippen molar-refractivity contribution in [2.24, 2.45) is 0 Å². The van der Waals surface area contributed by atoms with Gasteiger partial charge in [0.15, 0.2) is 0 Å². The highest BCUT2D eigenvalue weighted by molar-refractivity contribution is 7.98. The van der Waals surface area contributed by atoms with E-state index < -0.39 is 0 Å². The van der Waals surface area contributed by atoms with Gasteiger partial charge in [-0.3, -0.25) is 0 Å². The number of aromatic nitrogens is 1. The molecular formula is C16H12N2S. The van der Waals surface area contributed by atoms with Crippen molar-refractivity contribution >= 4 is 17.3 Å². The standard InChI is InChI=1S/C16H12N2S/c1-19-14-7-5-12(6-8-14)16-10-13(11-17)15-4-2-3-9-18(15)16/h2-10H,1H3. The monoisotopic (exact) mass is 264 g/mol. The maximum Gasteiger partial charge on any atom is 0.101 e. The molecule has 0 bridgehead atoms. The summed E-state index contributed by atoms with van der Waals surface area (Å²) in [5.41, 5.74) is 3.85. The van der Waals surface area contributed by atoms with Crippen molar-refractivity contribution in [1.82, 2.24) is 4.40 Å². The molecule has 3 heteroatoms. The Labute approximate surface area is 116 Å². The summed E-state index contributed by atoms with van der Waals surface area (Å²) >= 11 is 1.73. The largest absolute Gasteiger partial charge is 0.315 e. The zero-order valence-electron chi connectivity index (χ0n) is 10.5. The first-order valence-electron chi connectivity index (χ1n) is 5.98. The van der Waals surface area contributed by atoms with E-state index in [0.29, 0.717) is 5.56 Å². The van der Waals surface area contributed by atoms with E-state index in [-0.39, 0.29) is 0 Å². The fraction of sp³-hybridized carbons (Fsp3) is 0.0625. The molecule has 0 unspecified atom stereocenters. The van der Waals surface area contributed by atoms with Crippen LogP contribution in [0.1, 0.15) is 5.56 Å². The van der Waals surface area contributed by atoms with Crippen molar-refractivity contribution in [2.75, 3.05) is 6.26 Å². The van der Waals surface area contributed by atoms with Crippen LogP contribution < -0.4 is 0 Å². The van der Waals surface area contributed by atoms with Crippen molar-refractivity contribution in [3.05, 3.63) is 60.3 Å². The summed E-state index contributed by atoms with van der Waals surface area (Å²) in [5, 5.41) is 9.21. The molecule has 0 saturated carbocycles. The summed E-state index contributed by atoms with van der Waals surface area (Å²) in [6.45, 7) is 0. The average Bonchev–Trinajstić information content (AvgIpc) is 2.86. The first-order valence-corrected chi connectivity index (χ1v) is 7.20. The Morgan fingerprint density at radius 3 is 2.58 bits per heavy atom. The van der Waals surface area contributed by atoms with E-state index in [0.717, 1.165) is 16.8 Å². The van der Waals surface area contributed by atoms with Crippen LogP contribution in [-0.4, -0.2) is 10.7 Å². The summed E-state index contributed by atoms with van der Waals surface area (Å²) in [5.74, 6) is 0. The van der Waals surface area contributed by atoms with Gasteiger partial charge in [0, 0.05) is 11.1 Å². The minimum absolute atomic E-state index is 0.713. The van der Waals surface area contributed by atoms with Crippen LogP contribution in [0.2, 0.25) is 0 Å². The third-order valence-corrected chi connectivity index (χ3v) is 3.93. The summed E-state index contributed by atoms with van der Waals surface area (Å²) in [7, 11) is 0. The number of nitriles is 1. The average molecular weight is 264 g/mol. The molecule has 0 saturated heterocycles. The second kappa shape index (κ2) is 4.83. The molecule has 1 aromatic carbocycles. The van der Waals surface area contributed by atoms with Crippen molar-refractivity contribution in [3.63, 3.8) is 0 Å². The molecule has 0 amide bonds. The molecule has 2 heterocycles. The number of fused-ring (bicyclic) bond motifs is 1. The van der Waals surface area contributed by atoms with E-state index in [1.54, 1.807) is 11.8 Å². The summed E-state index contributed by atoms with van der Waals surface area (Å²) in [6.07, 6.45) is 4.06. The van der Waals surface area contributed by atoms with E-state index in [9.17, 15) is 5.26 Å². The highest BCUT2D eigenvalue weighted by Gasteiger charge is 2.09. The number of rotatable bonds is 2. The van der Waals surface area contributed by atoms with Gasteiger partial charge >= 0.3 is 0 Å². The Bertz CT molecular complexity index is 764. The van der Waals surface area contributed by atoms with Crippen molar-refractivity contribution in [2.45, 2.75) is 4.90 Å². The van der Waals surface area contributed by atoms with Crippen LogP contribution in [0.5, 0.6) is 0 Å². The molecule has 3 rings (SSSR count). The molecule has 0 N–H and O–H groups in total. The minimum Gasteiger partial charge on any atom is -0.315 e. The van der Waals surface area contributed by atoms with Gasteiger partial charge < -0.3 is 4.40 Å². The number of pyridine rings is 1. The number of benzene rings is 1. The predicted octanol–water partition coefficient (Wildman–Crippen LogP) is 4.20. The molecular weight excluding hydrogens is 252 g/mol. The Morgan fingerprint density at radius 1 is 1.11 bits per heavy atom. The maximum absolute atomic E-state index is 9.21. The molecule has 2 nitrogen and oxygen atoms in total. The van der Waals surface area contributed by atoms with Crippen LogP contribution in [0.25, 0.3) is 16.8 Å². The number of nitrogens with zero attached hydrogens (tertiary/aromatic N) is 2. The topological polar surface area (TPSA) is 28.2 Å². The van der Waals surface area contributed by atoms with Crippen LogP contribution >= 0.6 is 11.8 Å². The number of hydrogen-bond acceptors (Lipinski definition) is 2. The highest BCUT2D eigenvalue weighted by atomic mass is 32.2. The molecule has 0 atom stereocenters. The summed E-state index contributed by atoms with van der Waals surface area (Å²) < 4.78 is 2.06. The molecule has 92 valence electrons. The normalized spacial score (nSPS) is 10.5. The van der Waals surface area contributed by atoms with Crippen LogP contribution in [0.4, 0.5) is 0 Å². The lowest BCUT2D eigenvalue weighted by Gasteiger charge is -2.03. The lowest BCUT2D eigenvalue weighted by atomic mass is 10.1. The molecule has 3 aromatic rings. The van der Waals surface area contributed by atoms with Crippen LogP contribution in [0, 0.1) is 11.3 Å². The number of thioether (sulfide) groups is 1. The van der Waals surface area contributed by atoms with E-state index >= 15 is 0 Å². The highest BCUT2D eigenvalue weighted by Crippen LogP contribution is 2.27. The second-order valence-corrected chi connectivity index (χ2v) is 5.12. The first kappa shape index (κ1) is 11.9. The van der Waals surface area contributed by atoms with Crippen molar-refractivity contribution in [3.8, 4) is 17.3 Å². The fourth-order valence-electron chi connectivity index (χ4n) is 2.23. The molecule has 19 heavy (non-hydrogen) atoms. The fourth-order valence-corrected chi connectivity index (χ4v) is 2.63. The van der Waals surface area contributed by atoms with Crippen LogP contribution in [0.15, 0.2) is 59.6 Å². The Morgan fingerprint density at radius 2 is 1.89 bits per heavy atom. The van der Waals surface area contributed by atoms with Gasteiger partial charge in [0.05, 0.1) is 16.8 Å². The SMILES string of the molecule is CSc1ccc(-c2cc(C#N)c3ccccn23)cc1. The summed E-state index contributed by atoms with van der Waals surface area (Å²) in [4.78, 5) is 1.24. The molecule has 0 aliphatic rings. The van der Waals surface area contributed by atoms with E-state index in [2.05, 4.69) is 41.0 Å². The van der Waals surface area contributed by atoms with E-state index in [4.69, 9.17) is 0 Å². The van der Waals surface area contributed by atoms with Gasteiger partial charge in [-0.05, 0) is 42.2 Å². The lowest BCUT2D eigenvalue weighted by Crippen LogP contribution is -1.86. The third-order valence-electron chi connectivity index (χ3n) is 3.18. The Hall–Kier alpha value is -2.18. The van der Waals surface area contributed by atoms with Gasteiger partial charge in [-0.15, -0.1) is 11.8 Å². The van der Waals surface area contributed by atoms with Gasteiger partial charge in [0.1, 0.15) is 6.07 Å². The zero-order chi connectivity index (χ0) is 13.2. The maximum atomic E-state index is 9.21. The Balaban J connectivity index is 2.22. The van der Waals surface area contributed by atoms with Crippen molar-refractivity contribution < 1.29 is 0 Å². The van der Waals surface area contributed by atoms with Gasteiger partial charge in [-0.25, -0.2) is 0 Å². The molecule has 0 aliphatic heterocycles. The van der Waals surface area contributed by atoms with Crippen LogP contribution in [-0.2, 0) is 0 Å². The quantitative estimate of drug-likeness (QED) is 0.649. The van der Waals surface area contributed by atoms with Crippen molar-refractivity contribution in [1.29, 1.82) is 5.26 Å². The molecule has 0 radical (unpaired) electrons. The molecule has 2 aromatic heterocycles. The van der Waals surface area contributed by atoms with Gasteiger partial charge in [0.2, 0.25) is 0 Å². The van der Waals surface area contributed by atoms with Crippen LogP contribution in [0.3, 0.4) is 0 Å². The van der Waals surface area contributed by atoms with E-state index in [1.807, 2.05) is 30.5 Å². The van der Waals surface area contributed by atoms with Gasteiger partial charge in [-0.1, -0.05) is 18.2 Å². The lowest BCUT2D eigenvalue weighted by molar-refractivity contribution is 1.20. The van der Waals surface area contributed by atoms with Gasteiger partial charge in [-0.2, -0.15) is 5.26 Å². The van der Waals surface area contributed by atoms with E-state index in [1.165, 1.54) is 4.90 Å². The molecule has 0 fully saturated rings. The predicted molar refractivity (Wildman–Crippen MR) is 79.3 cm³/mol. The minimum atomic E-state index is 0.713. The molecule has 0 spiro atoms. The Kier molecular flexibility index (Phi) is 3.02. The third kappa shape index (κ3) is 2.00. The first-order chi connectivity index (χ1) is 9.33. The molecule has 0 aliphatic carbocycles. The number of hydrogen-bond donors (Lipinski definition) is 0. The zero-order valence-corrected chi connectivity index (χ0v) is 11.3. The second-order valence-electron chi connectivity index (χ2n) is 4.24.